The molecule has 2 rings (SSSR count). The Kier molecular flexibility index (Phi) is 4.29. The minimum Gasteiger partial charge on any atom is -0.389 e. The zero-order valence-electron chi connectivity index (χ0n) is 10.9. The summed E-state index contributed by atoms with van der Waals surface area (Å²) in [6.45, 7) is 0.225. The van der Waals surface area contributed by atoms with E-state index < -0.39 is 11.6 Å². The van der Waals surface area contributed by atoms with Gasteiger partial charge in [-0.1, -0.05) is 24.4 Å². The van der Waals surface area contributed by atoms with Gasteiger partial charge in [0.15, 0.2) is 0 Å². The van der Waals surface area contributed by atoms with Crippen molar-refractivity contribution in [3.05, 3.63) is 65.2 Å². The Labute approximate surface area is 121 Å². The van der Waals surface area contributed by atoms with Gasteiger partial charge in [0.2, 0.25) is 0 Å². The van der Waals surface area contributed by atoms with Gasteiger partial charge in [-0.05, 0) is 30.3 Å². The van der Waals surface area contributed by atoms with Crippen LogP contribution in [-0.4, -0.2) is 12.0 Å². The van der Waals surface area contributed by atoms with Gasteiger partial charge >= 0.3 is 0 Å². The first-order valence-electron chi connectivity index (χ1n) is 6.03. The van der Waals surface area contributed by atoms with E-state index in [9.17, 15) is 8.78 Å². The Hall–Kier alpha value is -2.01. The summed E-state index contributed by atoms with van der Waals surface area (Å²) in [7, 11) is 1.78. The second-order valence-corrected chi connectivity index (χ2v) is 4.91. The molecule has 0 heterocycles. The fraction of sp³-hybridized carbons (Fsp3) is 0.133. The second kappa shape index (κ2) is 5.96. The molecule has 0 bridgehead atoms. The predicted molar refractivity (Wildman–Crippen MR) is 80.8 cm³/mol. The number of para-hydroxylation sites is 1. The van der Waals surface area contributed by atoms with Crippen LogP contribution in [0.5, 0.6) is 0 Å². The van der Waals surface area contributed by atoms with E-state index >= 15 is 0 Å². The van der Waals surface area contributed by atoms with Crippen LogP contribution in [0.2, 0.25) is 0 Å². The lowest BCUT2D eigenvalue weighted by molar-refractivity contribution is 0.583. The number of hydrogen-bond donors (Lipinski definition) is 1. The average Bonchev–Trinajstić information content (AvgIpc) is 2.42. The zero-order valence-corrected chi connectivity index (χ0v) is 11.8. The molecule has 0 aliphatic heterocycles. The third-order valence-corrected chi connectivity index (χ3v) is 3.22. The minimum atomic E-state index is -0.461. The van der Waals surface area contributed by atoms with Crippen molar-refractivity contribution in [1.29, 1.82) is 0 Å². The molecule has 0 aliphatic rings. The van der Waals surface area contributed by atoms with Crippen LogP contribution in [-0.2, 0) is 6.54 Å². The average molecular weight is 292 g/mol. The Morgan fingerprint density at radius 2 is 1.90 bits per heavy atom. The molecule has 0 atom stereocenters. The van der Waals surface area contributed by atoms with Crippen LogP contribution in [0.4, 0.5) is 14.5 Å². The van der Waals surface area contributed by atoms with Crippen LogP contribution in [0.25, 0.3) is 0 Å². The molecule has 0 aromatic heterocycles. The molecule has 0 unspecified atom stereocenters. The fourth-order valence-electron chi connectivity index (χ4n) is 2.02. The summed E-state index contributed by atoms with van der Waals surface area (Å²) in [5, 5.41) is 0. The number of thiocarbonyl (C=S) groups is 1. The number of hydrogen-bond acceptors (Lipinski definition) is 2. The molecule has 0 saturated heterocycles. The third kappa shape index (κ3) is 3.11. The summed E-state index contributed by atoms with van der Waals surface area (Å²) in [6.07, 6.45) is 0. The summed E-state index contributed by atoms with van der Waals surface area (Å²) in [4.78, 5) is 2.05. The van der Waals surface area contributed by atoms with Crippen molar-refractivity contribution in [2.24, 2.45) is 5.73 Å². The van der Waals surface area contributed by atoms with Crippen LogP contribution in [0.3, 0.4) is 0 Å². The molecule has 20 heavy (non-hydrogen) atoms. The first-order chi connectivity index (χ1) is 9.49. The van der Waals surface area contributed by atoms with E-state index in [1.165, 1.54) is 6.07 Å². The maximum absolute atomic E-state index is 13.7. The molecule has 2 N–H and O–H groups in total. The smallest absolute Gasteiger partial charge is 0.128 e. The molecule has 0 radical (unpaired) electrons. The highest BCUT2D eigenvalue weighted by atomic mass is 32.1. The Bertz CT molecular complexity index is 644. The lowest BCUT2D eigenvalue weighted by Crippen LogP contribution is -2.22. The molecule has 2 aromatic carbocycles. The predicted octanol–water partition coefficient (Wildman–Crippen LogP) is 3.24. The standard InChI is InChI=1S/C15H14F2N2S/c1-19(9-10-8-11(16)6-7-13(10)17)14-5-3-2-4-12(14)15(18)20/h2-8H,9H2,1H3,(H2,18,20). The first kappa shape index (κ1) is 14.4. The summed E-state index contributed by atoms with van der Waals surface area (Å²) >= 11 is 5.00. The highest BCUT2D eigenvalue weighted by Gasteiger charge is 2.12. The zero-order chi connectivity index (χ0) is 14.7. The Morgan fingerprint density at radius 3 is 2.60 bits per heavy atom. The van der Waals surface area contributed by atoms with Gasteiger partial charge in [-0.15, -0.1) is 0 Å². The van der Waals surface area contributed by atoms with Crippen LogP contribution in [0.1, 0.15) is 11.1 Å². The van der Waals surface area contributed by atoms with Crippen molar-refractivity contribution in [3.8, 4) is 0 Å². The van der Waals surface area contributed by atoms with Gasteiger partial charge in [-0.3, -0.25) is 0 Å². The molecule has 0 saturated carbocycles. The fourth-order valence-corrected chi connectivity index (χ4v) is 2.19. The number of anilines is 1. The number of nitrogens with zero attached hydrogens (tertiary/aromatic N) is 1. The topological polar surface area (TPSA) is 29.3 Å². The molecular weight excluding hydrogens is 278 g/mol. The molecule has 0 spiro atoms. The highest BCUT2D eigenvalue weighted by Crippen LogP contribution is 2.22. The van der Waals surface area contributed by atoms with E-state index in [0.717, 1.165) is 17.8 Å². The molecule has 0 fully saturated rings. The summed E-state index contributed by atoms with van der Waals surface area (Å²) < 4.78 is 26.8. The van der Waals surface area contributed by atoms with Crippen LogP contribution in [0, 0.1) is 11.6 Å². The lowest BCUT2D eigenvalue weighted by atomic mass is 10.1. The summed E-state index contributed by atoms with van der Waals surface area (Å²) in [6, 6.07) is 10.7. The lowest BCUT2D eigenvalue weighted by Gasteiger charge is -2.22. The quantitative estimate of drug-likeness (QED) is 0.877. The van der Waals surface area contributed by atoms with E-state index in [1.807, 2.05) is 18.2 Å². The van der Waals surface area contributed by atoms with Crippen molar-refractivity contribution in [2.45, 2.75) is 6.54 Å². The molecule has 0 aliphatic carbocycles. The van der Waals surface area contributed by atoms with Gasteiger partial charge in [0, 0.05) is 30.4 Å². The Morgan fingerprint density at radius 1 is 1.20 bits per heavy atom. The Balaban J connectivity index is 2.31. The van der Waals surface area contributed by atoms with Gasteiger partial charge in [0.25, 0.3) is 0 Å². The van der Waals surface area contributed by atoms with Crippen molar-refractivity contribution < 1.29 is 8.78 Å². The van der Waals surface area contributed by atoms with Crippen LogP contribution >= 0.6 is 12.2 Å². The molecule has 104 valence electrons. The first-order valence-corrected chi connectivity index (χ1v) is 6.43. The number of benzene rings is 2. The SMILES string of the molecule is CN(Cc1cc(F)ccc1F)c1ccccc1C(N)=S. The molecular formula is C15H14F2N2S. The van der Waals surface area contributed by atoms with E-state index in [0.29, 0.717) is 5.56 Å². The molecule has 5 heteroatoms. The van der Waals surface area contributed by atoms with Gasteiger partial charge in [-0.2, -0.15) is 0 Å². The van der Waals surface area contributed by atoms with Crippen molar-refractivity contribution in [2.75, 3.05) is 11.9 Å². The van der Waals surface area contributed by atoms with Crippen LogP contribution in [0.15, 0.2) is 42.5 Å². The molecule has 2 nitrogen and oxygen atoms in total. The van der Waals surface area contributed by atoms with E-state index in [4.69, 9.17) is 18.0 Å². The normalized spacial score (nSPS) is 10.3. The van der Waals surface area contributed by atoms with E-state index in [-0.39, 0.29) is 17.1 Å². The maximum atomic E-state index is 13.7. The number of halogens is 2. The van der Waals surface area contributed by atoms with Crippen molar-refractivity contribution in [1.82, 2.24) is 0 Å². The summed E-state index contributed by atoms with van der Waals surface area (Å²) in [5.74, 6) is -0.900. The monoisotopic (exact) mass is 292 g/mol. The van der Waals surface area contributed by atoms with Gasteiger partial charge in [0.1, 0.15) is 16.6 Å². The van der Waals surface area contributed by atoms with Crippen LogP contribution < -0.4 is 10.6 Å². The molecule has 2 aromatic rings. The highest BCUT2D eigenvalue weighted by molar-refractivity contribution is 7.80. The minimum absolute atomic E-state index is 0.225. The maximum Gasteiger partial charge on any atom is 0.128 e. The summed E-state index contributed by atoms with van der Waals surface area (Å²) in [5.41, 5.74) is 7.44. The molecule has 0 amide bonds. The largest absolute Gasteiger partial charge is 0.389 e. The third-order valence-electron chi connectivity index (χ3n) is 3.00. The van der Waals surface area contributed by atoms with Crippen molar-refractivity contribution in [3.63, 3.8) is 0 Å². The second-order valence-electron chi connectivity index (χ2n) is 4.47. The van der Waals surface area contributed by atoms with Crippen molar-refractivity contribution >= 4 is 22.9 Å². The van der Waals surface area contributed by atoms with Gasteiger partial charge in [-0.25, -0.2) is 8.78 Å². The van der Waals surface area contributed by atoms with Gasteiger partial charge in [0.05, 0.1) is 0 Å². The number of nitrogens with two attached hydrogens (primary N) is 1. The van der Waals surface area contributed by atoms with E-state index in [2.05, 4.69) is 0 Å². The van der Waals surface area contributed by atoms with E-state index in [1.54, 1.807) is 18.0 Å². The van der Waals surface area contributed by atoms with Gasteiger partial charge < -0.3 is 10.6 Å². The number of rotatable bonds is 4.